The minimum atomic E-state index is 0.104. The molecule has 0 bridgehead atoms. The predicted octanol–water partition coefficient (Wildman–Crippen LogP) is 1.44. The summed E-state index contributed by atoms with van der Waals surface area (Å²) in [5.74, 6) is 0.104. The van der Waals surface area contributed by atoms with E-state index in [9.17, 15) is 4.79 Å². The Balaban J connectivity index is 1.53. The maximum absolute atomic E-state index is 12.7. The minimum absolute atomic E-state index is 0.104. The van der Waals surface area contributed by atoms with Gasteiger partial charge in [-0.25, -0.2) is 9.97 Å². The van der Waals surface area contributed by atoms with Crippen LogP contribution in [0.3, 0.4) is 0 Å². The van der Waals surface area contributed by atoms with Crippen LogP contribution in [0, 0.1) is 0 Å². The van der Waals surface area contributed by atoms with E-state index < -0.39 is 0 Å². The lowest BCUT2D eigenvalue weighted by molar-refractivity contribution is -0.130. The highest BCUT2D eigenvalue weighted by Crippen LogP contribution is 2.25. The van der Waals surface area contributed by atoms with Crippen molar-refractivity contribution in [1.82, 2.24) is 29.6 Å². The van der Waals surface area contributed by atoms with Gasteiger partial charge in [0.05, 0.1) is 17.8 Å². The zero-order valence-corrected chi connectivity index (χ0v) is 14.7. The number of nitrogens with zero attached hydrogens (tertiary/aromatic N) is 6. The van der Waals surface area contributed by atoms with Gasteiger partial charge in [0.15, 0.2) is 0 Å². The summed E-state index contributed by atoms with van der Waals surface area (Å²) in [6.45, 7) is 1.33. The molecule has 0 aromatic carbocycles. The molecule has 1 amide bonds. The Bertz CT molecular complexity index is 921. The lowest BCUT2D eigenvalue weighted by Gasteiger charge is -2.19. The average Bonchev–Trinajstić information content (AvgIpc) is 2.94. The molecule has 0 spiro atoms. The minimum Gasteiger partial charge on any atom is -0.342 e. The highest BCUT2D eigenvalue weighted by atomic mass is 16.2. The van der Waals surface area contributed by atoms with E-state index in [0.29, 0.717) is 19.5 Å². The zero-order valence-electron chi connectivity index (χ0n) is 14.7. The number of aromatic nitrogens is 5. The molecule has 4 heterocycles. The molecule has 0 atom stereocenters. The molecular weight excluding hydrogens is 328 g/mol. The number of carbonyl (C=O) groups is 1. The number of hydrogen-bond acceptors (Lipinski definition) is 5. The number of aryl methyl sites for hydroxylation is 1. The first kappa shape index (κ1) is 16.4. The van der Waals surface area contributed by atoms with Crippen molar-refractivity contribution in [2.75, 3.05) is 13.1 Å². The van der Waals surface area contributed by atoms with Gasteiger partial charge in [0, 0.05) is 62.0 Å². The first-order valence-corrected chi connectivity index (χ1v) is 8.70. The SMILES string of the molecule is Cn1ccc(CC(=O)N2CCc3ncnc(-c4cccnc4)c3CC2)n1. The zero-order chi connectivity index (χ0) is 17.9. The molecule has 1 aliphatic rings. The second-order valence-electron chi connectivity index (χ2n) is 6.43. The van der Waals surface area contributed by atoms with Crippen LogP contribution in [0.25, 0.3) is 11.3 Å². The van der Waals surface area contributed by atoms with Crippen LogP contribution in [0.4, 0.5) is 0 Å². The highest BCUT2D eigenvalue weighted by molar-refractivity contribution is 5.78. The van der Waals surface area contributed by atoms with E-state index in [-0.39, 0.29) is 5.91 Å². The van der Waals surface area contributed by atoms with E-state index in [1.165, 1.54) is 0 Å². The van der Waals surface area contributed by atoms with Crippen LogP contribution in [0.15, 0.2) is 43.1 Å². The number of fused-ring (bicyclic) bond motifs is 1. The number of hydrogen-bond donors (Lipinski definition) is 0. The molecule has 0 aliphatic carbocycles. The normalized spacial score (nSPS) is 14.0. The monoisotopic (exact) mass is 348 g/mol. The van der Waals surface area contributed by atoms with Crippen molar-refractivity contribution in [3.63, 3.8) is 0 Å². The van der Waals surface area contributed by atoms with E-state index in [1.54, 1.807) is 17.2 Å². The van der Waals surface area contributed by atoms with Crippen LogP contribution in [0.5, 0.6) is 0 Å². The van der Waals surface area contributed by atoms with Gasteiger partial charge in [0.2, 0.25) is 5.91 Å². The lowest BCUT2D eigenvalue weighted by Crippen LogP contribution is -2.34. The molecule has 0 N–H and O–H groups in total. The summed E-state index contributed by atoms with van der Waals surface area (Å²) in [6, 6.07) is 5.80. The number of rotatable bonds is 3. The van der Waals surface area contributed by atoms with E-state index in [1.807, 2.05) is 42.5 Å². The second-order valence-corrected chi connectivity index (χ2v) is 6.43. The van der Waals surface area contributed by atoms with Gasteiger partial charge < -0.3 is 4.90 Å². The van der Waals surface area contributed by atoms with Gasteiger partial charge >= 0.3 is 0 Å². The largest absolute Gasteiger partial charge is 0.342 e. The Kier molecular flexibility index (Phi) is 4.43. The quantitative estimate of drug-likeness (QED) is 0.716. The van der Waals surface area contributed by atoms with E-state index in [2.05, 4.69) is 20.1 Å². The first-order valence-electron chi connectivity index (χ1n) is 8.70. The van der Waals surface area contributed by atoms with Crippen LogP contribution in [0.2, 0.25) is 0 Å². The summed E-state index contributed by atoms with van der Waals surface area (Å²) in [5.41, 5.74) is 4.84. The summed E-state index contributed by atoms with van der Waals surface area (Å²) < 4.78 is 1.72. The topological polar surface area (TPSA) is 76.8 Å². The van der Waals surface area contributed by atoms with E-state index in [4.69, 9.17) is 0 Å². The van der Waals surface area contributed by atoms with Crippen LogP contribution in [0.1, 0.15) is 17.0 Å². The Hall–Kier alpha value is -3.09. The molecule has 3 aromatic heterocycles. The Labute approximate surface area is 151 Å². The third kappa shape index (κ3) is 3.33. The van der Waals surface area contributed by atoms with E-state index >= 15 is 0 Å². The van der Waals surface area contributed by atoms with Crippen LogP contribution in [-0.4, -0.2) is 48.6 Å². The van der Waals surface area contributed by atoms with Crippen molar-refractivity contribution in [3.05, 3.63) is 60.1 Å². The molecule has 1 aliphatic heterocycles. The molecule has 0 radical (unpaired) electrons. The molecule has 132 valence electrons. The number of amides is 1. The fraction of sp³-hybridized carbons (Fsp3) is 0.316. The van der Waals surface area contributed by atoms with Crippen molar-refractivity contribution in [3.8, 4) is 11.3 Å². The van der Waals surface area contributed by atoms with Gasteiger partial charge in [-0.3, -0.25) is 14.5 Å². The van der Waals surface area contributed by atoms with Crippen LogP contribution >= 0.6 is 0 Å². The van der Waals surface area contributed by atoms with Crippen molar-refractivity contribution >= 4 is 5.91 Å². The maximum Gasteiger partial charge on any atom is 0.228 e. The maximum atomic E-state index is 12.7. The van der Waals surface area contributed by atoms with Crippen LogP contribution in [-0.2, 0) is 31.1 Å². The second kappa shape index (κ2) is 7.03. The molecule has 0 unspecified atom stereocenters. The van der Waals surface area contributed by atoms with Gasteiger partial charge in [-0.1, -0.05) is 0 Å². The Morgan fingerprint density at radius 1 is 1.19 bits per heavy atom. The molecule has 4 rings (SSSR count). The standard InChI is InChI=1S/C19H20N6O/c1-24-8-4-15(23-24)11-18(26)25-9-5-16-17(6-10-25)21-13-22-19(16)14-3-2-7-20-12-14/h2-4,7-8,12-13H,5-6,9-11H2,1H3. The molecule has 26 heavy (non-hydrogen) atoms. The highest BCUT2D eigenvalue weighted by Gasteiger charge is 2.22. The summed E-state index contributed by atoms with van der Waals surface area (Å²) >= 11 is 0. The Morgan fingerprint density at radius 3 is 2.85 bits per heavy atom. The summed E-state index contributed by atoms with van der Waals surface area (Å²) in [7, 11) is 1.86. The van der Waals surface area contributed by atoms with Gasteiger partial charge in [-0.05, 0) is 24.6 Å². The van der Waals surface area contributed by atoms with Gasteiger partial charge in [0.25, 0.3) is 0 Å². The van der Waals surface area contributed by atoms with Crippen molar-refractivity contribution in [2.45, 2.75) is 19.3 Å². The van der Waals surface area contributed by atoms with Gasteiger partial charge in [-0.2, -0.15) is 5.10 Å². The predicted molar refractivity (Wildman–Crippen MR) is 96.2 cm³/mol. The first-order chi connectivity index (χ1) is 12.7. The molecule has 0 fully saturated rings. The lowest BCUT2D eigenvalue weighted by atomic mass is 10.0. The fourth-order valence-electron chi connectivity index (χ4n) is 3.35. The van der Waals surface area contributed by atoms with Crippen LogP contribution < -0.4 is 0 Å². The molecular formula is C19H20N6O. The molecule has 7 heteroatoms. The summed E-state index contributed by atoms with van der Waals surface area (Å²) in [6.07, 6.45) is 8.84. The van der Waals surface area contributed by atoms with E-state index in [0.717, 1.165) is 41.1 Å². The summed E-state index contributed by atoms with van der Waals surface area (Å²) in [5, 5.41) is 4.30. The molecule has 0 saturated carbocycles. The third-order valence-corrected chi connectivity index (χ3v) is 4.67. The Morgan fingerprint density at radius 2 is 2.08 bits per heavy atom. The molecule has 3 aromatic rings. The average molecular weight is 348 g/mol. The van der Waals surface area contributed by atoms with Crippen molar-refractivity contribution in [2.24, 2.45) is 7.05 Å². The fourth-order valence-corrected chi connectivity index (χ4v) is 3.35. The third-order valence-electron chi connectivity index (χ3n) is 4.67. The van der Waals surface area contributed by atoms with Crippen molar-refractivity contribution < 1.29 is 4.79 Å². The summed E-state index contributed by atoms with van der Waals surface area (Å²) in [4.78, 5) is 27.7. The van der Waals surface area contributed by atoms with Gasteiger partial charge in [-0.15, -0.1) is 0 Å². The smallest absolute Gasteiger partial charge is 0.228 e. The number of carbonyl (C=O) groups excluding carboxylic acids is 1. The molecule has 0 saturated heterocycles. The number of pyridine rings is 1. The molecule has 7 nitrogen and oxygen atoms in total. The van der Waals surface area contributed by atoms with Gasteiger partial charge in [0.1, 0.15) is 6.33 Å². The van der Waals surface area contributed by atoms with Crippen molar-refractivity contribution in [1.29, 1.82) is 0 Å².